The lowest BCUT2D eigenvalue weighted by Gasteiger charge is -2.03. The van der Waals surface area contributed by atoms with Crippen molar-refractivity contribution in [1.29, 1.82) is 5.26 Å². The second kappa shape index (κ2) is 7.93. The predicted octanol–water partition coefficient (Wildman–Crippen LogP) is 4.26. The van der Waals surface area contributed by atoms with E-state index in [-0.39, 0.29) is 0 Å². The van der Waals surface area contributed by atoms with Gasteiger partial charge in [-0.05, 0) is 30.5 Å². The first-order valence-corrected chi connectivity index (χ1v) is 6.28. The molecule has 0 aliphatic heterocycles. The van der Waals surface area contributed by atoms with Crippen LogP contribution in [0, 0.1) is 17.4 Å². The minimum absolute atomic E-state index is 0.788. The minimum atomic E-state index is 0.788. The number of nitrogens with zero attached hydrogens (tertiary/aromatic N) is 1. The first-order chi connectivity index (χ1) is 7.88. The number of rotatable bonds is 7. The van der Waals surface area contributed by atoms with Gasteiger partial charge in [0.05, 0.1) is 11.6 Å². The van der Waals surface area contributed by atoms with Gasteiger partial charge in [-0.15, -0.1) is 0 Å². The maximum Gasteiger partial charge on any atom is 0.0994 e. The third-order valence-corrected chi connectivity index (χ3v) is 2.84. The molecule has 1 aromatic carbocycles. The molecule has 85 valence electrons. The van der Waals surface area contributed by atoms with Crippen molar-refractivity contribution in [2.45, 2.75) is 51.9 Å². The van der Waals surface area contributed by atoms with Crippen molar-refractivity contribution in [3.05, 3.63) is 35.4 Å². The summed E-state index contributed by atoms with van der Waals surface area (Å²) in [5, 5.41) is 8.92. The number of unbranched alkanes of at least 4 members (excludes halogenated alkanes) is 5. The summed E-state index contributed by atoms with van der Waals surface area (Å²) in [5.41, 5.74) is 1.87. The van der Waals surface area contributed by atoms with Gasteiger partial charge >= 0.3 is 0 Å². The standard InChI is InChI=1S/C15H20N/c1-2-3-4-5-6-7-10-14-11-8-9-12-15(14)13-16/h8-9,12H,2-7,10H2,1H3. The summed E-state index contributed by atoms with van der Waals surface area (Å²) < 4.78 is 0. The number of hydrogen-bond donors (Lipinski definition) is 0. The Morgan fingerprint density at radius 3 is 2.69 bits per heavy atom. The van der Waals surface area contributed by atoms with E-state index in [1.54, 1.807) is 0 Å². The van der Waals surface area contributed by atoms with Crippen LogP contribution in [0.3, 0.4) is 0 Å². The van der Waals surface area contributed by atoms with E-state index in [1.807, 2.05) is 18.2 Å². The van der Waals surface area contributed by atoms with Crippen LogP contribution in [-0.2, 0) is 6.42 Å². The number of hydrogen-bond acceptors (Lipinski definition) is 1. The van der Waals surface area contributed by atoms with Crippen LogP contribution in [0.2, 0.25) is 0 Å². The number of nitriles is 1. The van der Waals surface area contributed by atoms with Crippen molar-refractivity contribution in [2.75, 3.05) is 0 Å². The molecule has 0 aromatic heterocycles. The lowest BCUT2D eigenvalue weighted by atomic mass is 10.0. The summed E-state index contributed by atoms with van der Waals surface area (Å²) >= 11 is 0. The van der Waals surface area contributed by atoms with E-state index >= 15 is 0 Å². The maximum absolute atomic E-state index is 8.92. The first kappa shape index (κ1) is 12.8. The second-order valence-corrected chi connectivity index (χ2v) is 4.19. The maximum atomic E-state index is 8.92. The van der Waals surface area contributed by atoms with Crippen molar-refractivity contribution in [1.82, 2.24) is 0 Å². The molecule has 16 heavy (non-hydrogen) atoms. The van der Waals surface area contributed by atoms with E-state index in [0.29, 0.717) is 0 Å². The van der Waals surface area contributed by atoms with Crippen LogP contribution in [0.25, 0.3) is 0 Å². The average molecular weight is 214 g/mol. The number of benzene rings is 1. The minimum Gasteiger partial charge on any atom is -0.192 e. The molecular weight excluding hydrogens is 194 g/mol. The molecule has 0 aliphatic carbocycles. The third kappa shape index (κ3) is 4.49. The summed E-state index contributed by atoms with van der Waals surface area (Å²) in [7, 11) is 0. The molecule has 0 N–H and O–H groups in total. The van der Waals surface area contributed by atoms with Crippen molar-refractivity contribution in [3.63, 3.8) is 0 Å². The SMILES string of the molecule is CCCCCCCCc1[c]cccc1C#N. The first-order valence-electron chi connectivity index (χ1n) is 6.28. The molecule has 1 aromatic rings. The summed E-state index contributed by atoms with van der Waals surface area (Å²) in [6.07, 6.45) is 8.76. The highest BCUT2D eigenvalue weighted by atomic mass is 14.2. The van der Waals surface area contributed by atoms with Gasteiger partial charge in [-0.1, -0.05) is 51.2 Å². The van der Waals surface area contributed by atoms with E-state index in [1.165, 1.54) is 38.5 Å². The lowest BCUT2D eigenvalue weighted by molar-refractivity contribution is 0.607. The van der Waals surface area contributed by atoms with Crippen LogP contribution >= 0.6 is 0 Å². The van der Waals surface area contributed by atoms with Crippen molar-refractivity contribution in [2.24, 2.45) is 0 Å². The fourth-order valence-corrected chi connectivity index (χ4v) is 1.87. The normalized spacial score (nSPS) is 10.0. The molecular formula is C15H20N. The Morgan fingerprint density at radius 1 is 1.19 bits per heavy atom. The van der Waals surface area contributed by atoms with Gasteiger partial charge < -0.3 is 0 Å². The Balaban J connectivity index is 2.24. The van der Waals surface area contributed by atoms with E-state index in [9.17, 15) is 0 Å². The molecule has 0 aliphatic rings. The van der Waals surface area contributed by atoms with Gasteiger partial charge in [-0.3, -0.25) is 0 Å². The molecule has 0 fully saturated rings. The molecule has 0 spiro atoms. The Labute approximate surface area is 99.1 Å². The van der Waals surface area contributed by atoms with Crippen LogP contribution in [0.1, 0.15) is 56.6 Å². The molecule has 1 heteroatoms. The zero-order chi connectivity index (χ0) is 11.6. The highest BCUT2D eigenvalue weighted by molar-refractivity contribution is 5.36. The number of aryl methyl sites for hydroxylation is 1. The Morgan fingerprint density at radius 2 is 1.94 bits per heavy atom. The third-order valence-electron chi connectivity index (χ3n) is 2.84. The topological polar surface area (TPSA) is 23.8 Å². The van der Waals surface area contributed by atoms with Gasteiger partial charge in [0.1, 0.15) is 0 Å². The molecule has 0 saturated carbocycles. The van der Waals surface area contributed by atoms with Crippen LogP contribution in [-0.4, -0.2) is 0 Å². The van der Waals surface area contributed by atoms with Crippen molar-refractivity contribution < 1.29 is 0 Å². The lowest BCUT2D eigenvalue weighted by Crippen LogP contribution is -1.90. The van der Waals surface area contributed by atoms with E-state index in [4.69, 9.17) is 5.26 Å². The molecule has 1 nitrogen and oxygen atoms in total. The van der Waals surface area contributed by atoms with E-state index in [2.05, 4.69) is 19.1 Å². The van der Waals surface area contributed by atoms with Crippen molar-refractivity contribution >= 4 is 0 Å². The highest BCUT2D eigenvalue weighted by Crippen LogP contribution is 2.12. The summed E-state index contributed by atoms with van der Waals surface area (Å²) in [6, 6.07) is 11.0. The Bertz CT molecular complexity index is 336. The molecule has 1 rings (SSSR count). The zero-order valence-corrected chi connectivity index (χ0v) is 10.1. The van der Waals surface area contributed by atoms with Gasteiger partial charge in [0.2, 0.25) is 0 Å². The smallest absolute Gasteiger partial charge is 0.0994 e. The molecule has 0 heterocycles. The quantitative estimate of drug-likeness (QED) is 0.622. The molecule has 1 radical (unpaired) electrons. The Hall–Kier alpha value is -1.29. The summed E-state index contributed by atoms with van der Waals surface area (Å²) in [6.45, 7) is 2.23. The second-order valence-electron chi connectivity index (χ2n) is 4.19. The van der Waals surface area contributed by atoms with Gasteiger partial charge in [-0.2, -0.15) is 5.26 Å². The van der Waals surface area contributed by atoms with Gasteiger partial charge in [0.25, 0.3) is 0 Å². The molecule has 0 atom stereocenters. The fourth-order valence-electron chi connectivity index (χ4n) is 1.87. The fraction of sp³-hybridized carbons (Fsp3) is 0.533. The highest BCUT2D eigenvalue weighted by Gasteiger charge is 2.00. The summed E-state index contributed by atoms with van der Waals surface area (Å²) in [4.78, 5) is 0. The molecule has 0 bridgehead atoms. The van der Waals surface area contributed by atoms with Crippen LogP contribution < -0.4 is 0 Å². The van der Waals surface area contributed by atoms with Crippen LogP contribution in [0.5, 0.6) is 0 Å². The van der Waals surface area contributed by atoms with Crippen LogP contribution in [0.4, 0.5) is 0 Å². The predicted molar refractivity (Wildman–Crippen MR) is 67.1 cm³/mol. The van der Waals surface area contributed by atoms with E-state index in [0.717, 1.165) is 17.5 Å². The molecule has 0 saturated heterocycles. The average Bonchev–Trinajstić information content (AvgIpc) is 2.34. The van der Waals surface area contributed by atoms with Gasteiger partial charge in [0.15, 0.2) is 0 Å². The van der Waals surface area contributed by atoms with Gasteiger partial charge in [-0.25, -0.2) is 0 Å². The Kier molecular flexibility index (Phi) is 6.33. The van der Waals surface area contributed by atoms with E-state index < -0.39 is 0 Å². The summed E-state index contributed by atoms with van der Waals surface area (Å²) in [5.74, 6) is 0. The molecule has 0 amide bonds. The zero-order valence-electron chi connectivity index (χ0n) is 10.1. The monoisotopic (exact) mass is 214 g/mol. The molecule has 0 unspecified atom stereocenters. The van der Waals surface area contributed by atoms with Crippen molar-refractivity contribution in [3.8, 4) is 6.07 Å². The largest absolute Gasteiger partial charge is 0.192 e. The van der Waals surface area contributed by atoms with Gasteiger partial charge in [0, 0.05) is 0 Å². The van der Waals surface area contributed by atoms with Crippen LogP contribution in [0.15, 0.2) is 18.2 Å².